The standard InChI is InChI=1S/C25H42O3/c1-8-25-20(5)19(4)22(26)17-21(25)12-16-24(7,28-25)15-10-14-23(6,27)13-9-11-18(2)3/h11,17,22,26-27H,8-10,12-16H2,1-7H3. The second-order valence-corrected chi connectivity index (χ2v) is 9.85. The van der Waals surface area contributed by atoms with Gasteiger partial charge >= 0.3 is 0 Å². The van der Waals surface area contributed by atoms with Crippen molar-refractivity contribution in [3.63, 3.8) is 0 Å². The fraction of sp³-hybridized carbons (Fsp3) is 0.760. The van der Waals surface area contributed by atoms with E-state index in [1.165, 1.54) is 16.7 Å². The summed E-state index contributed by atoms with van der Waals surface area (Å²) in [5.74, 6) is 0. The van der Waals surface area contributed by atoms with Gasteiger partial charge in [0.2, 0.25) is 0 Å². The number of aliphatic hydroxyl groups is 2. The molecule has 4 unspecified atom stereocenters. The molecule has 0 aromatic heterocycles. The van der Waals surface area contributed by atoms with Crippen molar-refractivity contribution < 1.29 is 14.9 Å². The molecule has 0 saturated carbocycles. The smallest absolute Gasteiger partial charge is 0.111 e. The Balaban J connectivity index is 2.02. The molecule has 160 valence electrons. The fourth-order valence-corrected chi connectivity index (χ4v) is 4.91. The van der Waals surface area contributed by atoms with Gasteiger partial charge in [-0.1, -0.05) is 18.6 Å². The molecule has 2 N–H and O–H groups in total. The minimum Gasteiger partial charge on any atom is -0.390 e. The van der Waals surface area contributed by atoms with Crippen LogP contribution in [-0.2, 0) is 4.74 Å². The summed E-state index contributed by atoms with van der Waals surface area (Å²) in [5, 5.41) is 21.1. The molecule has 1 saturated heterocycles. The van der Waals surface area contributed by atoms with E-state index in [0.29, 0.717) is 0 Å². The molecule has 0 aromatic rings. The highest BCUT2D eigenvalue weighted by Crippen LogP contribution is 2.50. The van der Waals surface area contributed by atoms with Crippen molar-refractivity contribution in [2.75, 3.05) is 0 Å². The number of hydrogen-bond donors (Lipinski definition) is 2. The average molecular weight is 391 g/mol. The van der Waals surface area contributed by atoms with Crippen molar-refractivity contribution >= 4 is 0 Å². The van der Waals surface area contributed by atoms with Crippen molar-refractivity contribution in [3.05, 3.63) is 34.4 Å². The molecule has 3 heteroatoms. The van der Waals surface area contributed by atoms with Gasteiger partial charge in [0.15, 0.2) is 0 Å². The predicted octanol–water partition coefficient (Wildman–Crippen LogP) is 6.01. The highest BCUT2D eigenvalue weighted by molar-refractivity contribution is 5.44. The second kappa shape index (κ2) is 8.85. The summed E-state index contributed by atoms with van der Waals surface area (Å²) in [4.78, 5) is 0. The highest BCUT2D eigenvalue weighted by atomic mass is 16.5. The van der Waals surface area contributed by atoms with E-state index in [1.54, 1.807) is 0 Å². The second-order valence-electron chi connectivity index (χ2n) is 9.85. The van der Waals surface area contributed by atoms with E-state index in [4.69, 9.17) is 4.74 Å². The van der Waals surface area contributed by atoms with Crippen molar-refractivity contribution in [1.29, 1.82) is 0 Å². The van der Waals surface area contributed by atoms with Gasteiger partial charge in [-0.3, -0.25) is 0 Å². The monoisotopic (exact) mass is 390 g/mol. The lowest BCUT2D eigenvalue weighted by Crippen LogP contribution is -2.51. The number of allylic oxidation sites excluding steroid dienone is 2. The van der Waals surface area contributed by atoms with Crippen molar-refractivity contribution in [3.8, 4) is 0 Å². The first-order valence-corrected chi connectivity index (χ1v) is 11.1. The summed E-state index contributed by atoms with van der Waals surface area (Å²) in [7, 11) is 0. The third-order valence-corrected chi connectivity index (χ3v) is 7.02. The topological polar surface area (TPSA) is 49.7 Å². The maximum absolute atomic E-state index is 10.7. The van der Waals surface area contributed by atoms with Crippen LogP contribution in [0.3, 0.4) is 0 Å². The van der Waals surface area contributed by atoms with Gasteiger partial charge in [-0.05, 0) is 116 Å². The van der Waals surface area contributed by atoms with Crippen LogP contribution in [-0.4, -0.2) is 33.1 Å². The van der Waals surface area contributed by atoms with Crippen LogP contribution in [0.4, 0.5) is 0 Å². The zero-order valence-corrected chi connectivity index (χ0v) is 19.2. The Morgan fingerprint density at radius 2 is 2.00 bits per heavy atom. The molecule has 0 radical (unpaired) electrons. The van der Waals surface area contributed by atoms with Crippen molar-refractivity contribution in [2.45, 2.75) is 123 Å². The number of aliphatic hydroxyl groups excluding tert-OH is 1. The van der Waals surface area contributed by atoms with Gasteiger partial charge in [0.25, 0.3) is 0 Å². The molecule has 0 amide bonds. The molecule has 0 bridgehead atoms. The predicted molar refractivity (Wildman–Crippen MR) is 117 cm³/mol. The third kappa shape index (κ3) is 5.17. The summed E-state index contributed by atoms with van der Waals surface area (Å²) in [6.45, 7) is 14.7. The summed E-state index contributed by atoms with van der Waals surface area (Å²) < 4.78 is 6.84. The zero-order chi connectivity index (χ0) is 21.2. The first-order valence-electron chi connectivity index (χ1n) is 11.1. The van der Waals surface area contributed by atoms with Gasteiger partial charge in [0, 0.05) is 0 Å². The Kier molecular flexibility index (Phi) is 7.39. The Labute approximate surface area is 172 Å². The minimum atomic E-state index is -0.619. The van der Waals surface area contributed by atoms with E-state index in [0.717, 1.165) is 56.9 Å². The zero-order valence-electron chi connectivity index (χ0n) is 19.2. The van der Waals surface area contributed by atoms with Crippen molar-refractivity contribution in [2.24, 2.45) is 0 Å². The van der Waals surface area contributed by atoms with Crippen LogP contribution in [0.15, 0.2) is 34.4 Å². The molecule has 1 fully saturated rings. The lowest BCUT2D eigenvalue weighted by molar-refractivity contribution is -0.145. The van der Waals surface area contributed by atoms with E-state index in [2.05, 4.69) is 40.7 Å². The van der Waals surface area contributed by atoms with E-state index in [-0.39, 0.29) is 11.2 Å². The SMILES string of the molecule is CCC12OC(C)(CCCC(C)(O)CCC=C(C)C)CCC1=CC(O)C(C)=C2C. The molecule has 0 aromatic carbocycles. The Morgan fingerprint density at radius 3 is 2.61 bits per heavy atom. The lowest BCUT2D eigenvalue weighted by atomic mass is 9.70. The van der Waals surface area contributed by atoms with E-state index < -0.39 is 11.7 Å². The lowest BCUT2D eigenvalue weighted by Gasteiger charge is -2.51. The summed E-state index contributed by atoms with van der Waals surface area (Å²) in [5.41, 5.74) is 3.60. The number of hydrogen-bond acceptors (Lipinski definition) is 3. The molecule has 1 heterocycles. The molecule has 1 aliphatic heterocycles. The molecule has 28 heavy (non-hydrogen) atoms. The van der Waals surface area contributed by atoms with Crippen LogP contribution < -0.4 is 0 Å². The van der Waals surface area contributed by atoms with Crippen molar-refractivity contribution in [1.82, 2.24) is 0 Å². The fourth-order valence-electron chi connectivity index (χ4n) is 4.91. The number of ether oxygens (including phenoxy) is 1. The molecule has 2 aliphatic rings. The van der Waals surface area contributed by atoms with E-state index in [1.807, 2.05) is 19.9 Å². The van der Waals surface area contributed by atoms with Gasteiger partial charge in [0.1, 0.15) is 5.60 Å². The normalized spacial score (nSPS) is 32.5. The van der Waals surface area contributed by atoms with Crippen LogP contribution in [0.2, 0.25) is 0 Å². The quantitative estimate of drug-likeness (QED) is 0.499. The maximum Gasteiger partial charge on any atom is 0.111 e. The summed E-state index contributed by atoms with van der Waals surface area (Å²) >= 11 is 0. The number of rotatable bonds is 8. The molecule has 2 rings (SSSR count). The first-order chi connectivity index (χ1) is 12.9. The van der Waals surface area contributed by atoms with Gasteiger partial charge < -0.3 is 14.9 Å². The van der Waals surface area contributed by atoms with Crippen LogP contribution >= 0.6 is 0 Å². The summed E-state index contributed by atoms with van der Waals surface area (Å²) in [6.07, 6.45) is 11.0. The Morgan fingerprint density at radius 1 is 1.32 bits per heavy atom. The summed E-state index contributed by atoms with van der Waals surface area (Å²) in [6, 6.07) is 0. The minimum absolute atomic E-state index is 0.187. The number of fused-ring (bicyclic) bond motifs is 1. The molecule has 3 nitrogen and oxygen atoms in total. The first kappa shape index (κ1) is 23.4. The Hall–Kier alpha value is -0.900. The average Bonchev–Trinajstić information content (AvgIpc) is 2.60. The molecule has 1 aliphatic carbocycles. The van der Waals surface area contributed by atoms with Gasteiger partial charge in [-0.15, -0.1) is 0 Å². The van der Waals surface area contributed by atoms with Gasteiger partial charge in [-0.25, -0.2) is 0 Å². The highest BCUT2D eigenvalue weighted by Gasteiger charge is 2.48. The van der Waals surface area contributed by atoms with Gasteiger partial charge in [-0.2, -0.15) is 0 Å². The van der Waals surface area contributed by atoms with Crippen LogP contribution in [0.1, 0.15) is 99.8 Å². The van der Waals surface area contributed by atoms with Crippen LogP contribution in [0.5, 0.6) is 0 Å². The largest absolute Gasteiger partial charge is 0.390 e. The van der Waals surface area contributed by atoms with Gasteiger partial charge in [0.05, 0.1) is 17.3 Å². The van der Waals surface area contributed by atoms with E-state index in [9.17, 15) is 10.2 Å². The van der Waals surface area contributed by atoms with E-state index >= 15 is 0 Å². The molecule has 4 atom stereocenters. The third-order valence-electron chi connectivity index (χ3n) is 7.02. The molecular weight excluding hydrogens is 348 g/mol. The van der Waals surface area contributed by atoms with Crippen LogP contribution in [0, 0.1) is 0 Å². The molecular formula is C25H42O3. The Bertz CT molecular complexity index is 651. The maximum atomic E-state index is 10.7. The molecule has 0 spiro atoms. The van der Waals surface area contributed by atoms with Crippen LogP contribution in [0.25, 0.3) is 0 Å².